The van der Waals surface area contributed by atoms with Crippen molar-refractivity contribution in [2.45, 2.75) is 12.6 Å². The van der Waals surface area contributed by atoms with Crippen molar-refractivity contribution in [3.63, 3.8) is 0 Å². The van der Waals surface area contributed by atoms with Crippen molar-refractivity contribution in [2.75, 3.05) is 31.0 Å². The predicted octanol–water partition coefficient (Wildman–Crippen LogP) is 3.90. The SMILES string of the molecule is COc1ccc(N2CC(C(=O)Nc3cc(C(F)(F)F)ccc3-n3cccn3)CC2=O)cc1OC. The standard InChI is InChI=1S/C23H21F3N4O4/c1-33-19-7-5-16(12-20(19)34-2)29-13-14(10-21(29)31)22(32)28-17-11-15(23(24,25)26)4-6-18(17)30-9-3-8-27-30/h3-9,11-12,14H,10,13H2,1-2H3,(H,28,32). The molecule has 1 aliphatic rings. The highest BCUT2D eigenvalue weighted by Crippen LogP contribution is 2.36. The van der Waals surface area contributed by atoms with Crippen LogP contribution in [0.4, 0.5) is 24.5 Å². The molecule has 0 aliphatic carbocycles. The minimum absolute atomic E-state index is 0.0551. The highest BCUT2D eigenvalue weighted by atomic mass is 19.4. The first-order valence-corrected chi connectivity index (χ1v) is 10.3. The predicted molar refractivity (Wildman–Crippen MR) is 117 cm³/mol. The number of hydrogen-bond donors (Lipinski definition) is 1. The molecular formula is C23H21F3N4O4. The van der Waals surface area contributed by atoms with Gasteiger partial charge >= 0.3 is 6.18 Å². The Balaban J connectivity index is 1.57. The molecule has 1 aliphatic heterocycles. The third-order valence-corrected chi connectivity index (χ3v) is 5.51. The van der Waals surface area contributed by atoms with Gasteiger partial charge in [-0.3, -0.25) is 9.59 Å². The van der Waals surface area contributed by atoms with E-state index in [0.717, 1.165) is 12.1 Å². The van der Waals surface area contributed by atoms with E-state index in [4.69, 9.17) is 9.47 Å². The van der Waals surface area contributed by atoms with Gasteiger partial charge in [0.05, 0.1) is 37.1 Å². The van der Waals surface area contributed by atoms with Crippen molar-refractivity contribution < 1.29 is 32.2 Å². The average Bonchev–Trinajstić information content (AvgIpc) is 3.48. The Morgan fingerprint density at radius 1 is 1.12 bits per heavy atom. The Hall–Kier alpha value is -4.02. The zero-order valence-electron chi connectivity index (χ0n) is 18.3. The zero-order valence-corrected chi connectivity index (χ0v) is 18.3. The summed E-state index contributed by atoms with van der Waals surface area (Å²) < 4.78 is 51.7. The lowest BCUT2D eigenvalue weighted by Gasteiger charge is -2.19. The first kappa shape index (κ1) is 23.1. The fourth-order valence-corrected chi connectivity index (χ4v) is 3.78. The summed E-state index contributed by atoms with van der Waals surface area (Å²) in [5.41, 5.74) is -0.171. The van der Waals surface area contributed by atoms with Gasteiger partial charge in [0.1, 0.15) is 0 Å². The normalized spacial score (nSPS) is 16.0. The lowest BCUT2D eigenvalue weighted by molar-refractivity contribution is -0.137. The number of nitrogens with one attached hydrogen (secondary N) is 1. The molecule has 1 saturated heterocycles. The van der Waals surface area contributed by atoms with Gasteiger partial charge in [-0.1, -0.05) is 0 Å². The highest BCUT2D eigenvalue weighted by Gasteiger charge is 2.36. The molecule has 2 amide bonds. The van der Waals surface area contributed by atoms with Gasteiger partial charge in [-0.15, -0.1) is 0 Å². The summed E-state index contributed by atoms with van der Waals surface area (Å²) in [7, 11) is 2.96. The van der Waals surface area contributed by atoms with Gasteiger partial charge in [0.2, 0.25) is 11.8 Å². The third kappa shape index (κ3) is 4.54. The van der Waals surface area contributed by atoms with Crippen molar-refractivity contribution in [3.05, 3.63) is 60.4 Å². The molecule has 1 atom stereocenters. The lowest BCUT2D eigenvalue weighted by atomic mass is 10.1. The van der Waals surface area contributed by atoms with E-state index >= 15 is 0 Å². The zero-order chi connectivity index (χ0) is 24.5. The summed E-state index contributed by atoms with van der Waals surface area (Å²) in [6, 6.07) is 9.57. The number of rotatable bonds is 6. The number of alkyl halides is 3. The second kappa shape index (κ2) is 9.08. The number of carbonyl (C=O) groups is 2. The molecule has 2 aromatic carbocycles. The number of methoxy groups -OCH3 is 2. The van der Waals surface area contributed by atoms with E-state index in [2.05, 4.69) is 10.4 Å². The van der Waals surface area contributed by atoms with Crippen LogP contribution in [0.25, 0.3) is 5.69 Å². The van der Waals surface area contributed by atoms with Gasteiger partial charge in [-0.25, -0.2) is 4.68 Å². The van der Waals surface area contributed by atoms with Gasteiger partial charge in [-0.2, -0.15) is 18.3 Å². The molecule has 34 heavy (non-hydrogen) atoms. The third-order valence-electron chi connectivity index (χ3n) is 5.51. The van der Waals surface area contributed by atoms with Crippen LogP contribution in [0.15, 0.2) is 54.9 Å². The molecule has 3 aromatic rings. The molecule has 0 saturated carbocycles. The molecule has 1 unspecified atom stereocenters. The van der Waals surface area contributed by atoms with Crippen LogP contribution < -0.4 is 19.7 Å². The maximum atomic E-state index is 13.3. The van der Waals surface area contributed by atoms with Gasteiger partial charge in [0.25, 0.3) is 0 Å². The van der Waals surface area contributed by atoms with Crippen LogP contribution in [0.2, 0.25) is 0 Å². The molecule has 8 nitrogen and oxygen atoms in total. The van der Waals surface area contributed by atoms with Crippen LogP contribution >= 0.6 is 0 Å². The molecule has 178 valence electrons. The van der Waals surface area contributed by atoms with Gasteiger partial charge in [0.15, 0.2) is 11.5 Å². The summed E-state index contributed by atoms with van der Waals surface area (Å²) >= 11 is 0. The lowest BCUT2D eigenvalue weighted by Crippen LogP contribution is -2.28. The number of halogens is 3. The van der Waals surface area contributed by atoms with Crippen molar-refractivity contribution in [2.24, 2.45) is 5.92 Å². The smallest absolute Gasteiger partial charge is 0.416 e. The largest absolute Gasteiger partial charge is 0.493 e. The van der Waals surface area contributed by atoms with Crippen LogP contribution in [-0.4, -0.2) is 42.4 Å². The van der Waals surface area contributed by atoms with E-state index in [1.807, 2.05) is 0 Å². The molecule has 1 N–H and O–H groups in total. The Labute approximate surface area is 192 Å². The second-order valence-electron chi connectivity index (χ2n) is 7.61. The first-order valence-electron chi connectivity index (χ1n) is 10.3. The molecule has 1 fully saturated rings. The Bertz CT molecular complexity index is 1210. The van der Waals surface area contributed by atoms with Crippen molar-refractivity contribution >= 4 is 23.2 Å². The van der Waals surface area contributed by atoms with E-state index < -0.39 is 23.6 Å². The fourth-order valence-electron chi connectivity index (χ4n) is 3.78. The number of aromatic nitrogens is 2. The number of amides is 2. The van der Waals surface area contributed by atoms with E-state index in [-0.39, 0.29) is 30.2 Å². The fraction of sp³-hybridized carbons (Fsp3) is 0.261. The molecular weight excluding hydrogens is 453 g/mol. The van der Waals surface area contributed by atoms with E-state index in [1.165, 1.54) is 36.1 Å². The molecule has 1 aromatic heterocycles. The second-order valence-corrected chi connectivity index (χ2v) is 7.61. The van der Waals surface area contributed by atoms with Crippen molar-refractivity contribution in [1.82, 2.24) is 9.78 Å². The molecule has 11 heteroatoms. The van der Waals surface area contributed by atoms with E-state index in [1.54, 1.807) is 30.5 Å². The number of benzene rings is 2. The number of carbonyl (C=O) groups excluding carboxylic acids is 2. The Morgan fingerprint density at radius 2 is 1.88 bits per heavy atom. The summed E-state index contributed by atoms with van der Waals surface area (Å²) in [6.07, 6.45) is -1.65. The van der Waals surface area contributed by atoms with E-state index in [0.29, 0.717) is 17.2 Å². The molecule has 4 rings (SSSR count). The number of ether oxygens (including phenoxy) is 2. The van der Waals surface area contributed by atoms with Gasteiger partial charge < -0.3 is 19.7 Å². The minimum Gasteiger partial charge on any atom is -0.493 e. The monoisotopic (exact) mass is 474 g/mol. The highest BCUT2D eigenvalue weighted by molar-refractivity contribution is 6.04. The van der Waals surface area contributed by atoms with Gasteiger partial charge in [0, 0.05) is 37.1 Å². The molecule has 2 heterocycles. The number of hydrogen-bond acceptors (Lipinski definition) is 5. The molecule has 0 bridgehead atoms. The van der Waals surface area contributed by atoms with E-state index in [9.17, 15) is 22.8 Å². The summed E-state index contributed by atoms with van der Waals surface area (Å²) in [5, 5.41) is 6.60. The topological polar surface area (TPSA) is 85.7 Å². The Morgan fingerprint density at radius 3 is 2.53 bits per heavy atom. The van der Waals surface area contributed by atoms with Crippen LogP contribution in [0.5, 0.6) is 11.5 Å². The first-order chi connectivity index (χ1) is 16.2. The van der Waals surface area contributed by atoms with Crippen LogP contribution in [-0.2, 0) is 15.8 Å². The summed E-state index contributed by atoms with van der Waals surface area (Å²) in [4.78, 5) is 27.1. The summed E-state index contributed by atoms with van der Waals surface area (Å²) in [6.45, 7) is 0.0657. The number of nitrogens with zero attached hydrogens (tertiary/aromatic N) is 3. The molecule has 0 radical (unpaired) electrons. The summed E-state index contributed by atoms with van der Waals surface area (Å²) in [5.74, 6) is -0.704. The maximum Gasteiger partial charge on any atom is 0.416 e. The van der Waals surface area contributed by atoms with Gasteiger partial charge in [-0.05, 0) is 36.4 Å². The average molecular weight is 474 g/mol. The molecule has 0 spiro atoms. The maximum absolute atomic E-state index is 13.3. The van der Waals surface area contributed by atoms with Crippen LogP contribution in [0.1, 0.15) is 12.0 Å². The van der Waals surface area contributed by atoms with Crippen molar-refractivity contribution in [3.8, 4) is 17.2 Å². The minimum atomic E-state index is -4.59. The van der Waals surface area contributed by atoms with Crippen LogP contribution in [0.3, 0.4) is 0 Å². The van der Waals surface area contributed by atoms with Crippen molar-refractivity contribution in [1.29, 1.82) is 0 Å². The van der Waals surface area contributed by atoms with Crippen LogP contribution in [0, 0.1) is 5.92 Å². The quantitative estimate of drug-likeness (QED) is 0.586. The Kier molecular flexibility index (Phi) is 6.18. The number of anilines is 2.